The van der Waals surface area contributed by atoms with Gasteiger partial charge in [-0.1, -0.05) is 60.1 Å². The number of esters is 1. The monoisotopic (exact) mass is 736 g/mol. The molecule has 1 heterocycles. The van der Waals surface area contributed by atoms with Crippen LogP contribution in [0, 0.1) is 0 Å². The van der Waals surface area contributed by atoms with Gasteiger partial charge < -0.3 is 34.7 Å². The number of carbonyl (C=O) groups is 2. The van der Waals surface area contributed by atoms with E-state index in [4.69, 9.17) is 30.5 Å². The lowest BCUT2D eigenvalue weighted by molar-refractivity contribution is -0.136. The molecule has 2 atom stereocenters. The number of hydrazone groups is 1. The van der Waals surface area contributed by atoms with Gasteiger partial charge in [0.25, 0.3) is 0 Å². The first-order chi connectivity index (χ1) is 23.2. The number of ether oxygens (including phenoxy) is 4. The van der Waals surface area contributed by atoms with Gasteiger partial charge in [-0.25, -0.2) is 9.59 Å². The molecular formula is C35H34BrClN4O7. The van der Waals surface area contributed by atoms with Gasteiger partial charge in [-0.3, -0.25) is 5.43 Å². The number of carbonyl (C=O) groups excluding carboxylic acids is 2. The van der Waals surface area contributed by atoms with Crippen molar-refractivity contribution in [2.45, 2.75) is 32.7 Å². The Morgan fingerprint density at radius 1 is 1.08 bits per heavy atom. The lowest BCUT2D eigenvalue weighted by Crippen LogP contribution is -2.45. The second-order valence-electron chi connectivity index (χ2n) is 10.7. The number of rotatable bonds is 13. The minimum atomic E-state index is -1.17. The molecule has 0 aromatic heterocycles. The minimum absolute atomic E-state index is 0.168. The fraction of sp³-hybridized carbons (Fsp3) is 0.229. The maximum absolute atomic E-state index is 12.5. The minimum Gasteiger partial charge on any atom is -0.490 e. The molecule has 4 aromatic carbocycles. The second kappa shape index (κ2) is 15.9. The van der Waals surface area contributed by atoms with E-state index in [1.54, 1.807) is 37.3 Å². The van der Waals surface area contributed by atoms with Gasteiger partial charge in [-0.05, 0) is 81.5 Å². The van der Waals surface area contributed by atoms with E-state index in [2.05, 4.69) is 55.3 Å². The third-order valence-electron chi connectivity index (χ3n) is 7.38. The Labute approximate surface area is 291 Å². The molecule has 5 rings (SSSR count). The molecule has 250 valence electrons. The first kappa shape index (κ1) is 34.6. The summed E-state index contributed by atoms with van der Waals surface area (Å²) in [5.74, 6) is 0.645. The van der Waals surface area contributed by atoms with Crippen molar-refractivity contribution in [2.75, 3.05) is 20.3 Å². The number of nitrogens with zero attached hydrogens (tertiary/aromatic N) is 1. The molecular weight excluding hydrogens is 704 g/mol. The van der Waals surface area contributed by atoms with E-state index < -0.39 is 24.3 Å². The molecule has 0 radical (unpaired) electrons. The summed E-state index contributed by atoms with van der Waals surface area (Å²) in [6, 6.07) is 21.5. The molecule has 1 aliphatic heterocycles. The molecule has 4 N–H and O–H groups in total. The number of urea groups is 1. The Hall–Kier alpha value is -4.78. The third kappa shape index (κ3) is 8.19. The first-order valence-corrected chi connectivity index (χ1v) is 16.2. The molecule has 4 aromatic rings. The molecule has 0 fully saturated rings. The number of aliphatic hydroxyl groups excluding tert-OH is 1. The van der Waals surface area contributed by atoms with Crippen molar-refractivity contribution in [3.63, 3.8) is 0 Å². The summed E-state index contributed by atoms with van der Waals surface area (Å²) in [5.41, 5.74) is 5.57. The Balaban J connectivity index is 1.19. The average Bonchev–Trinajstić information content (AvgIpc) is 3.07. The van der Waals surface area contributed by atoms with Crippen LogP contribution in [0.1, 0.15) is 36.6 Å². The number of fused-ring (bicyclic) bond motifs is 1. The van der Waals surface area contributed by atoms with Crippen LogP contribution in [0.4, 0.5) is 4.79 Å². The van der Waals surface area contributed by atoms with Crippen LogP contribution in [0.3, 0.4) is 0 Å². The lowest BCUT2D eigenvalue weighted by Gasteiger charge is -2.28. The van der Waals surface area contributed by atoms with Crippen LogP contribution in [0.2, 0.25) is 5.02 Å². The van der Waals surface area contributed by atoms with E-state index in [-0.39, 0.29) is 12.2 Å². The standard InChI is InChI=1S/C35H34BrClN4O7/c1-4-46-29-16-23(32-31(34(43)45-3)20(2)39-35(44)40-32)12-13-28(29)47-19-30(42)41-38-17-21-14-26(36)33(27(37)15-21)48-18-24-10-7-9-22-8-5-6-11-25(22)24/h5-17,30,32,41-42H,4,18-19H2,1-3H3,(H2,39,40,44)/b38-17-/t30-,32+/m1/s1. The summed E-state index contributed by atoms with van der Waals surface area (Å²) < 4.78 is 23.2. The van der Waals surface area contributed by atoms with Crippen LogP contribution >= 0.6 is 27.5 Å². The van der Waals surface area contributed by atoms with Crippen LogP contribution in [-0.4, -0.2) is 49.9 Å². The maximum Gasteiger partial charge on any atom is 0.337 e. The number of benzene rings is 4. The SMILES string of the molecule is CCOc1cc([C@@H]2NC(=O)NC(C)=C2C(=O)OC)ccc1OC[C@@H](O)N/N=C\c1cc(Cl)c(OCc2cccc3ccccc23)c(Br)c1. The van der Waals surface area contributed by atoms with E-state index in [9.17, 15) is 14.7 Å². The van der Waals surface area contributed by atoms with Crippen molar-refractivity contribution in [1.29, 1.82) is 0 Å². The van der Waals surface area contributed by atoms with Crippen LogP contribution < -0.4 is 30.3 Å². The molecule has 13 heteroatoms. The number of amides is 2. The van der Waals surface area contributed by atoms with Gasteiger partial charge in [0, 0.05) is 5.70 Å². The number of allylic oxidation sites excluding steroid dienone is 1. The van der Waals surface area contributed by atoms with Gasteiger partial charge in [-0.15, -0.1) is 0 Å². The van der Waals surface area contributed by atoms with Crippen LogP contribution in [-0.2, 0) is 16.1 Å². The van der Waals surface area contributed by atoms with Crippen LogP contribution in [0.5, 0.6) is 17.2 Å². The predicted molar refractivity (Wildman–Crippen MR) is 186 cm³/mol. The summed E-state index contributed by atoms with van der Waals surface area (Å²) in [6.45, 7) is 3.94. The quantitative estimate of drug-likeness (QED) is 0.0539. The van der Waals surface area contributed by atoms with Crippen molar-refractivity contribution in [3.05, 3.63) is 110 Å². The largest absolute Gasteiger partial charge is 0.490 e. The van der Waals surface area contributed by atoms with Gasteiger partial charge in [-0.2, -0.15) is 5.10 Å². The molecule has 1 aliphatic rings. The maximum atomic E-state index is 12.5. The number of hydrogen-bond acceptors (Lipinski definition) is 9. The molecule has 0 aliphatic carbocycles. The second-order valence-corrected chi connectivity index (χ2v) is 11.9. The first-order valence-electron chi connectivity index (χ1n) is 15.0. The highest BCUT2D eigenvalue weighted by molar-refractivity contribution is 9.10. The van der Waals surface area contributed by atoms with Gasteiger partial charge in [0.2, 0.25) is 0 Å². The molecule has 0 bridgehead atoms. The molecule has 0 unspecified atom stereocenters. The highest BCUT2D eigenvalue weighted by atomic mass is 79.9. The van der Waals surface area contributed by atoms with Gasteiger partial charge >= 0.3 is 12.0 Å². The number of aliphatic hydroxyl groups is 1. The third-order valence-corrected chi connectivity index (χ3v) is 8.25. The lowest BCUT2D eigenvalue weighted by atomic mass is 9.95. The zero-order valence-electron chi connectivity index (χ0n) is 26.4. The van der Waals surface area contributed by atoms with Crippen molar-refractivity contribution in [3.8, 4) is 17.2 Å². The van der Waals surface area contributed by atoms with Crippen LogP contribution in [0.25, 0.3) is 10.8 Å². The van der Waals surface area contributed by atoms with Gasteiger partial charge in [0.1, 0.15) is 13.2 Å². The van der Waals surface area contributed by atoms with Crippen molar-refractivity contribution in [2.24, 2.45) is 5.10 Å². The molecule has 0 spiro atoms. The molecule has 2 amide bonds. The number of hydrogen-bond donors (Lipinski definition) is 4. The molecule has 48 heavy (non-hydrogen) atoms. The summed E-state index contributed by atoms with van der Waals surface area (Å²) >= 11 is 10.1. The van der Waals surface area contributed by atoms with Crippen molar-refractivity contribution >= 4 is 56.5 Å². The van der Waals surface area contributed by atoms with E-state index >= 15 is 0 Å². The Morgan fingerprint density at radius 2 is 1.88 bits per heavy atom. The van der Waals surface area contributed by atoms with E-state index in [0.717, 1.165) is 16.3 Å². The highest BCUT2D eigenvalue weighted by Gasteiger charge is 2.32. The fourth-order valence-corrected chi connectivity index (χ4v) is 6.17. The number of nitrogens with one attached hydrogen (secondary N) is 3. The van der Waals surface area contributed by atoms with E-state index in [1.807, 2.05) is 31.2 Å². The number of halogens is 2. The smallest absolute Gasteiger partial charge is 0.337 e. The van der Waals surface area contributed by atoms with Crippen LogP contribution in [0.15, 0.2) is 93.6 Å². The number of methoxy groups -OCH3 is 1. The molecule has 11 nitrogen and oxygen atoms in total. The molecule has 0 saturated carbocycles. The average molecular weight is 738 g/mol. The van der Waals surface area contributed by atoms with E-state index in [1.165, 1.54) is 13.3 Å². The van der Waals surface area contributed by atoms with E-state index in [0.29, 0.717) is 56.8 Å². The Kier molecular flexibility index (Phi) is 11.4. The summed E-state index contributed by atoms with van der Waals surface area (Å²) in [7, 11) is 1.27. The van der Waals surface area contributed by atoms with Crippen molar-refractivity contribution < 1.29 is 33.6 Å². The summed E-state index contributed by atoms with van der Waals surface area (Å²) in [6.07, 6.45) is 0.342. The topological polar surface area (TPSA) is 140 Å². The van der Waals surface area contributed by atoms with Gasteiger partial charge in [0.05, 0.1) is 41.0 Å². The zero-order valence-corrected chi connectivity index (χ0v) is 28.7. The summed E-state index contributed by atoms with van der Waals surface area (Å²) in [4.78, 5) is 24.7. The van der Waals surface area contributed by atoms with Crippen molar-refractivity contribution in [1.82, 2.24) is 16.1 Å². The summed E-state index contributed by atoms with van der Waals surface area (Å²) in [5, 5.41) is 22.6. The molecule has 0 saturated heterocycles. The fourth-order valence-electron chi connectivity index (χ4n) is 5.18. The zero-order chi connectivity index (χ0) is 34.2. The highest BCUT2D eigenvalue weighted by Crippen LogP contribution is 2.36. The predicted octanol–water partition coefficient (Wildman–Crippen LogP) is 6.36. The van der Waals surface area contributed by atoms with Gasteiger partial charge in [0.15, 0.2) is 23.5 Å². The Bertz CT molecular complexity index is 1850. The normalized spacial score (nSPS) is 15.1. The Morgan fingerprint density at radius 3 is 2.65 bits per heavy atom.